The van der Waals surface area contributed by atoms with Crippen molar-refractivity contribution in [3.8, 4) is 0 Å². The van der Waals surface area contributed by atoms with E-state index in [2.05, 4.69) is 10.2 Å². The van der Waals surface area contributed by atoms with Gasteiger partial charge in [-0.05, 0) is 70.4 Å². The number of amides is 3. The van der Waals surface area contributed by atoms with E-state index in [1.165, 1.54) is 0 Å². The second kappa shape index (κ2) is 9.65. The number of aryl methyl sites for hydroxylation is 1. The first kappa shape index (κ1) is 22.8. The molecular formula is C26H32N4O3. The highest BCUT2D eigenvalue weighted by Crippen LogP contribution is 2.40. The number of nitrogens with zero attached hydrogens (tertiary/aromatic N) is 3. The number of carbonyl (C=O) groups excluding carboxylic acids is 3. The summed E-state index contributed by atoms with van der Waals surface area (Å²) in [5, 5.41) is 2.89. The molecule has 0 saturated carbocycles. The van der Waals surface area contributed by atoms with Gasteiger partial charge in [-0.1, -0.05) is 17.7 Å². The van der Waals surface area contributed by atoms with E-state index < -0.39 is 0 Å². The van der Waals surface area contributed by atoms with Crippen LogP contribution in [-0.2, 0) is 9.59 Å². The van der Waals surface area contributed by atoms with Crippen molar-refractivity contribution >= 4 is 34.8 Å². The summed E-state index contributed by atoms with van der Waals surface area (Å²) in [4.78, 5) is 44.8. The van der Waals surface area contributed by atoms with Crippen LogP contribution in [0.15, 0.2) is 42.5 Å². The summed E-state index contributed by atoms with van der Waals surface area (Å²) in [6, 6.07) is 12.9. The third-order valence-corrected chi connectivity index (χ3v) is 6.56. The third-order valence-electron chi connectivity index (χ3n) is 6.56. The molecule has 0 aliphatic carbocycles. The van der Waals surface area contributed by atoms with Crippen molar-refractivity contribution < 1.29 is 14.4 Å². The average molecular weight is 449 g/mol. The number of anilines is 3. The second-order valence-corrected chi connectivity index (χ2v) is 8.72. The summed E-state index contributed by atoms with van der Waals surface area (Å²) in [6.07, 6.45) is 2.79. The predicted molar refractivity (Wildman–Crippen MR) is 131 cm³/mol. The highest BCUT2D eigenvalue weighted by Gasteiger charge is 2.40. The van der Waals surface area contributed by atoms with Crippen molar-refractivity contribution in [1.29, 1.82) is 0 Å². The molecule has 2 heterocycles. The smallest absolute Gasteiger partial charge is 0.253 e. The first-order chi connectivity index (χ1) is 15.9. The minimum absolute atomic E-state index is 0.0694. The lowest BCUT2D eigenvalue weighted by atomic mass is 9.95. The Morgan fingerprint density at radius 2 is 1.76 bits per heavy atom. The maximum Gasteiger partial charge on any atom is 0.253 e. The first-order valence-corrected chi connectivity index (χ1v) is 11.8. The van der Waals surface area contributed by atoms with E-state index in [4.69, 9.17) is 0 Å². The van der Waals surface area contributed by atoms with Crippen LogP contribution < -0.4 is 15.1 Å². The number of benzene rings is 2. The molecule has 0 radical (unpaired) electrons. The Morgan fingerprint density at radius 3 is 2.45 bits per heavy atom. The lowest BCUT2D eigenvalue weighted by Gasteiger charge is -2.45. The largest absolute Gasteiger partial charge is 0.358 e. The van der Waals surface area contributed by atoms with Gasteiger partial charge in [-0.2, -0.15) is 0 Å². The standard InChI is InChI=1S/C26H32N4O3/c1-4-28(5-2)25(32)19-11-14-21-23(16-19)30(26(33)22-8-6-7-15-29(21)22)17-24(31)27-20-12-9-18(3)10-13-20/h9-14,16,22H,4-8,15,17H2,1-3H3,(H,27,31)/t22-/m1/s1. The van der Waals surface area contributed by atoms with Crippen molar-refractivity contribution in [2.45, 2.75) is 46.1 Å². The Bertz CT molecular complexity index is 1050. The van der Waals surface area contributed by atoms with Gasteiger partial charge >= 0.3 is 0 Å². The van der Waals surface area contributed by atoms with Crippen LogP contribution in [0.2, 0.25) is 0 Å². The lowest BCUT2D eigenvalue weighted by molar-refractivity contribution is -0.123. The van der Waals surface area contributed by atoms with E-state index in [-0.39, 0.29) is 30.3 Å². The summed E-state index contributed by atoms with van der Waals surface area (Å²) < 4.78 is 0. The number of piperidine rings is 1. The van der Waals surface area contributed by atoms with Crippen LogP contribution in [0.1, 0.15) is 49.0 Å². The Balaban J connectivity index is 1.66. The summed E-state index contributed by atoms with van der Waals surface area (Å²) in [6.45, 7) is 7.82. The molecule has 2 aliphatic rings. The summed E-state index contributed by atoms with van der Waals surface area (Å²) in [5.41, 5.74) is 3.88. The second-order valence-electron chi connectivity index (χ2n) is 8.72. The van der Waals surface area contributed by atoms with E-state index in [1.807, 2.05) is 57.2 Å². The fraction of sp³-hybridized carbons (Fsp3) is 0.423. The van der Waals surface area contributed by atoms with Crippen LogP contribution in [0.3, 0.4) is 0 Å². The maximum atomic E-state index is 13.5. The highest BCUT2D eigenvalue weighted by molar-refractivity contribution is 6.11. The number of hydrogen-bond acceptors (Lipinski definition) is 4. The number of fused-ring (bicyclic) bond motifs is 3. The zero-order valence-corrected chi connectivity index (χ0v) is 19.6. The van der Waals surface area contributed by atoms with Gasteiger partial charge in [0.15, 0.2) is 0 Å². The van der Waals surface area contributed by atoms with Gasteiger partial charge in [0.2, 0.25) is 11.8 Å². The van der Waals surface area contributed by atoms with Gasteiger partial charge in [-0.25, -0.2) is 0 Å². The minimum atomic E-state index is -0.261. The molecule has 174 valence electrons. The molecule has 0 unspecified atom stereocenters. The minimum Gasteiger partial charge on any atom is -0.358 e. The van der Waals surface area contributed by atoms with Gasteiger partial charge in [-0.15, -0.1) is 0 Å². The summed E-state index contributed by atoms with van der Waals surface area (Å²) >= 11 is 0. The Kier molecular flexibility index (Phi) is 6.67. The number of hydrogen-bond donors (Lipinski definition) is 1. The molecule has 1 atom stereocenters. The number of carbonyl (C=O) groups is 3. The van der Waals surface area contributed by atoms with E-state index in [1.54, 1.807) is 15.9 Å². The molecule has 0 spiro atoms. The fourth-order valence-electron chi connectivity index (χ4n) is 4.73. The van der Waals surface area contributed by atoms with Crippen LogP contribution in [0, 0.1) is 6.92 Å². The van der Waals surface area contributed by atoms with Crippen LogP contribution in [0.5, 0.6) is 0 Å². The fourth-order valence-corrected chi connectivity index (χ4v) is 4.73. The molecule has 1 saturated heterocycles. The lowest BCUT2D eigenvalue weighted by Crippen LogP contribution is -2.56. The van der Waals surface area contributed by atoms with Crippen LogP contribution in [-0.4, -0.2) is 54.8 Å². The van der Waals surface area contributed by atoms with Crippen molar-refractivity contribution in [1.82, 2.24) is 4.90 Å². The van der Waals surface area contributed by atoms with Crippen molar-refractivity contribution in [2.75, 3.05) is 41.3 Å². The zero-order chi connectivity index (χ0) is 23.5. The molecule has 7 nitrogen and oxygen atoms in total. The predicted octanol–water partition coefficient (Wildman–Crippen LogP) is 3.82. The van der Waals surface area contributed by atoms with Gasteiger partial charge in [0, 0.05) is 30.9 Å². The Hall–Kier alpha value is -3.35. The highest BCUT2D eigenvalue weighted by atomic mass is 16.2. The van der Waals surface area contributed by atoms with E-state index >= 15 is 0 Å². The molecule has 3 amide bonds. The van der Waals surface area contributed by atoms with Crippen molar-refractivity contribution in [3.05, 3.63) is 53.6 Å². The number of rotatable bonds is 6. The van der Waals surface area contributed by atoms with Crippen molar-refractivity contribution in [3.63, 3.8) is 0 Å². The summed E-state index contributed by atoms with van der Waals surface area (Å²) in [7, 11) is 0. The van der Waals surface area contributed by atoms with Gasteiger partial charge in [-0.3, -0.25) is 19.3 Å². The first-order valence-electron chi connectivity index (χ1n) is 11.8. The van der Waals surface area contributed by atoms with Gasteiger partial charge in [0.1, 0.15) is 12.6 Å². The average Bonchev–Trinajstić information content (AvgIpc) is 2.83. The van der Waals surface area contributed by atoms with Crippen LogP contribution >= 0.6 is 0 Å². The van der Waals surface area contributed by atoms with Crippen LogP contribution in [0.25, 0.3) is 0 Å². The molecule has 33 heavy (non-hydrogen) atoms. The van der Waals surface area contributed by atoms with Gasteiger partial charge in [0.25, 0.3) is 5.91 Å². The maximum absolute atomic E-state index is 13.5. The molecule has 1 N–H and O–H groups in total. The molecule has 2 aromatic rings. The molecular weight excluding hydrogens is 416 g/mol. The van der Waals surface area contributed by atoms with Crippen molar-refractivity contribution in [2.24, 2.45) is 0 Å². The Morgan fingerprint density at radius 1 is 1.03 bits per heavy atom. The zero-order valence-electron chi connectivity index (χ0n) is 19.6. The molecule has 0 bridgehead atoms. The van der Waals surface area contributed by atoms with Crippen LogP contribution in [0.4, 0.5) is 17.1 Å². The monoisotopic (exact) mass is 448 g/mol. The van der Waals surface area contributed by atoms with E-state index in [0.717, 1.165) is 37.1 Å². The van der Waals surface area contributed by atoms with Gasteiger partial charge < -0.3 is 15.1 Å². The molecule has 7 heteroatoms. The van der Waals surface area contributed by atoms with E-state index in [9.17, 15) is 14.4 Å². The Labute approximate surface area is 195 Å². The van der Waals surface area contributed by atoms with Gasteiger partial charge in [0.05, 0.1) is 11.4 Å². The summed E-state index contributed by atoms with van der Waals surface area (Å²) in [5.74, 6) is -0.406. The molecule has 0 aromatic heterocycles. The molecule has 2 aromatic carbocycles. The topological polar surface area (TPSA) is 73.0 Å². The molecule has 4 rings (SSSR count). The quantitative estimate of drug-likeness (QED) is 0.729. The van der Waals surface area contributed by atoms with E-state index in [0.29, 0.717) is 30.0 Å². The SMILES string of the molecule is CCN(CC)C(=O)c1ccc2c(c1)N(CC(=O)Nc1ccc(C)cc1)C(=O)[C@H]1CCCCN21. The number of nitrogens with one attached hydrogen (secondary N) is 1. The third kappa shape index (κ3) is 4.58. The molecule has 1 fully saturated rings. The normalized spacial score (nSPS) is 17.3. The molecule has 2 aliphatic heterocycles.